The van der Waals surface area contributed by atoms with Crippen molar-refractivity contribution in [3.05, 3.63) is 0 Å². The van der Waals surface area contributed by atoms with Crippen LogP contribution in [0.15, 0.2) is 4.99 Å². The second-order valence-electron chi connectivity index (χ2n) is 5.81. The number of nitrogens with zero attached hydrogens (tertiary/aromatic N) is 1. The number of rotatable bonds is 5. The van der Waals surface area contributed by atoms with Crippen LogP contribution in [0.25, 0.3) is 0 Å². The summed E-state index contributed by atoms with van der Waals surface area (Å²) in [6.45, 7) is 2.83. The molecular weight excluding hydrogens is 365 g/mol. The lowest BCUT2D eigenvalue weighted by molar-refractivity contribution is 0.114. The predicted molar refractivity (Wildman–Crippen MR) is 94.9 cm³/mol. The molecule has 20 heavy (non-hydrogen) atoms. The van der Waals surface area contributed by atoms with E-state index >= 15 is 0 Å². The van der Waals surface area contributed by atoms with Crippen LogP contribution in [0.4, 0.5) is 0 Å². The summed E-state index contributed by atoms with van der Waals surface area (Å²) >= 11 is 0. The van der Waals surface area contributed by atoms with E-state index in [1.165, 1.54) is 51.4 Å². The summed E-state index contributed by atoms with van der Waals surface area (Å²) in [5.74, 6) is 1.85. The SMILES string of the molecule is CN=C(NCCC1CCCCC1)NCC1CCCO1.I. The number of aliphatic imine (C=N–C) groups is 1. The second kappa shape index (κ2) is 10.7. The number of hydrogen-bond acceptors (Lipinski definition) is 2. The van der Waals surface area contributed by atoms with Crippen LogP contribution in [0.3, 0.4) is 0 Å². The first-order chi connectivity index (χ1) is 9.38. The Morgan fingerprint density at radius 1 is 1.10 bits per heavy atom. The van der Waals surface area contributed by atoms with Gasteiger partial charge in [-0.1, -0.05) is 32.1 Å². The van der Waals surface area contributed by atoms with Crippen molar-refractivity contribution in [2.75, 3.05) is 26.7 Å². The highest BCUT2D eigenvalue weighted by atomic mass is 127. The molecule has 0 aromatic heterocycles. The first-order valence-corrected chi connectivity index (χ1v) is 7.94. The predicted octanol–water partition coefficient (Wildman–Crippen LogP) is 2.92. The Kier molecular flexibility index (Phi) is 9.59. The highest BCUT2D eigenvalue weighted by Crippen LogP contribution is 2.25. The van der Waals surface area contributed by atoms with Crippen molar-refractivity contribution in [3.8, 4) is 0 Å². The minimum absolute atomic E-state index is 0. The van der Waals surface area contributed by atoms with Gasteiger partial charge in [0, 0.05) is 26.7 Å². The van der Waals surface area contributed by atoms with Crippen molar-refractivity contribution in [3.63, 3.8) is 0 Å². The van der Waals surface area contributed by atoms with Gasteiger partial charge >= 0.3 is 0 Å². The van der Waals surface area contributed by atoms with Gasteiger partial charge in [-0.2, -0.15) is 0 Å². The molecule has 0 bridgehead atoms. The Labute approximate surface area is 140 Å². The summed E-state index contributed by atoms with van der Waals surface area (Å²) in [4.78, 5) is 4.27. The van der Waals surface area contributed by atoms with E-state index in [0.717, 1.165) is 31.6 Å². The summed E-state index contributed by atoms with van der Waals surface area (Å²) in [5.41, 5.74) is 0. The molecule has 0 amide bonds. The van der Waals surface area contributed by atoms with Crippen molar-refractivity contribution < 1.29 is 4.74 Å². The molecule has 1 aliphatic heterocycles. The van der Waals surface area contributed by atoms with Gasteiger partial charge in [0.1, 0.15) is 0 Å². The molecule has 0 spiro atoms. The number of ether oxygens (including phenoxy) is 1. The van der Waals surface area contributed by atoms with Crippen molar-refractivity contribution in [1.82, 2.24) is 10.6 Å². The van der Waals surface area contributed by atoms with Gasteiger partial charge in [-0.3, -0.25) is 4.99 Å². The molecule has 5 heteroatoms. The minimum atomic E-state index is 0. The van der Waals surface area contributed by atoms with Gasteiger partial charge in [-0.25, -0.2) is 0 Å². The van der Waals surface area contributed by atoms with E-state index in [9.17, 15) is 0 Å². The zero-order chi connectivity index (χ0) is 13.3. The Balaban J connectivity index is 0.00000200. The molecule has 118 valence electrons. The van der Waals surface area contributed by atoms with E-state index in [0.29, 0.717) is 6.10 Å². The Hall–Kier alpha value is -0.0400. The molecule has 2 aliphatic rings. The van der Waals surface area contributed by atoms with E-state index in [1.54, 1.807) is 0 Å². The summed E-state index contributed by atoms with van der Waals surface area (Å²) in [6, 6.07) is 0. The lowest BCUT2D eigenvalue weighted by Gasteiger charge is -2.22. The zero-order valence-corrected chi connectivity index (χ0v) is 15.0. The smallest absolute Gasteiger partial charge is 0.191 e. The van der Waals surface area contributed by atoms with Crippen LogP contribution in [-0.2, 0) is 4.74 Å². The summed E-state index contributed by atoms with van der Waals surface area (Å²) in [7, 11) is 1.84. The molecule has 0 aromatic carbocycles. The molecule has 1 aliphatic carbocycles. The normalized spacial score (nSPS) is 24.2. The largest absolute Gasteiger partial charge is 0.376 e. The Morgan fingerprint density at radius 3 is 2.55 bits per heavy atom. The van der Waals surface area contributed by atoms with Crippen molar-refractivity contribution >= 4 is 29.9 Å². The quantitative estimate of drug-likeness (QED) is 0.428. The van der Waals surface area contributed by atoms with Crippen LogP contribution in [0.5, 0.6) is 0 Å². The molecule has 1 unspecified atom stereocenters. The monoisotopic (exact) mass is 395 g/mol. The van der Waals surface area contributed by atoms with Crippen LogP contribution in [0, 0.1) is 5.92 Å². The molecule has 0 aromatic rings. The maximum atomic E-state index is 5.60. The number of nitrogens with one attached hydrogen (secondary N) is 2. The summed E-state index contributed by atoms with van der Waals surface area (Å²) < 4.78 is 5.60. The highest BCUT2D eigenvalue weighted by molar-refractivity contribution is 14.0. The van der Waals surface area contributed by atoms with E-state index in [2.05, 4.69) is 15.6 Å². The van der Waals surface area contributed by atoms with Gasteiger partial charge in [0.05, 0.1) is 6.10 Å². The van der Waals surface area contributed by atoms with Gasteiger partial charge in [0.2, 0.25) is 0 Å². The van der Waals surface area contributed by atoms with E-state index < -0.39 is 0 Å². The first kappa shape index (κ1) is 18.0. The van der Waals surface area contributed by atoms with Crippen LogP contribution < -0.4 is 10.6 Å². The molecule has 0 radical (unpaired) electrons. The molecule has 2 fully saturated rings. The molecule has 1 atom stereocenters. The fourth-order valence-electron chi connectivity index (χ4n) is 3.11. The molecule has 2 N–H and O–H groups in total. The Morgan fingerprint density at radius 2 is 1.90 bits per heavy atom. The van der Waals surface area contributed by atoms with E-state index in [-0.39, 0.29) is 24.0 Å². The average molecular weight is 395 g/mol. The van der Waals surface area contributed by atoms with Crippen LogP contribution in [0.2, 0.25) is 0 Å². The average Bonchev–Trinajstić information content (AvgIpc) is 2.97. The molecule has 1 saturated heterocycles. The second-order valence-corrected chi connectivity index (χ2v) is 5.81. The highest BCUT2D eigenvalue weighted by Gasteiger charge is 2.16. The van der Waals surface area contributed by atoms with Crippen molar-refractivity contribution in [1.29, 1.82) is 0 Å². The maximum absolute atomic E-state index is 5.60. The molecule has 2 rings (SSSR count). The molecular formula is C15H30IN3O. The van der Waals surface area contributed by atoms with Crippen molar-refractivity contribution in [2.45, 2.75) is 57.5 Å². The lowest BCUT2D eigenvalue weighted by atomic mass is 9.87. The summed E-state index contributed by atoms with van der Waals surface area (Å²) in [5, 5.41) is 6.79. The van der Waals surface area contributed by atoms with Gasteiger partial charge in [-0.15, -0.1) is 24.0 Å². The fourth-order valence-corrected chi connectivity index (χ4v) is 3.11. The van der Waals surface area contributed by atoms with Crippen LogP contribution in [0.1, 0.15) is 51.4 Å². The Bertz CT molecular complexity index is 274. The van der Waals surface area contributed by atoms with E-state index in [4.69, 9.17) is 4.74 Å². The molecule has 1 saturated carbocycles. The number of hydrogen-bond donors (Lipinski definition) is 2. The van der Waals surface area contributed by atoms with Gasteiger partial charge in [0.15, 0.2) is 5.96 Å². The van der Waals surface area contributed by atoms with E-state index in [1.807, 2.05) is 7.05 Å². The summed E-state index contributed by atoms with van der Waals surface area (Å²) in [6.07, 6.45) is 11.2. The number of guanidine groups is 1. The number of halogens is 1. The standard InChI is InChI=1S/C15H29N3O.HI/c1-16-15(18-12-14-8-5-11-19-14)17-10-9-13-6-3-2-4-7-13;/h13-14H,2-12H2,1H3,(H2,16,17,18);1H. The third-order valence-corrected chi connectivity index (χ3v) is 4.31. The fraction of sp³-hybridized carbons (Fsp3) is 0.933. The molecule has 1 heterocycles. The molecule has 4 nitrogen and oxygen atoms in total. The topological polar surface area (TPSA) is 45.7 Å². The van der Waals surface area contributed by atoms with Gasteiger partial charge in [-0.05, 0) is 25.2 Å². The third kappa shape index (κ3) is 6.61. The van der Waals surface area contributed by atoms with Crippen molar-refractivity contribution in [2.24, 2.45) is 10.9 Å². The minimum Gasteiger partial charge on any atom is -0.376 e. The first-order valence-electron chi connectivity index (χ1n) is 7.94. The van der Waals surface area contributed by atoms with Crippen LogP contribution in [-0.4, -0.2) is 38.8 Å². The zero-order valence-electron chi connectivity index (χ0n) is 12.7. The van der Waals surface area contributed by atoms with Gasteiger partial charge < -0.3 is 15.4 Å². The van der Waals surface area contributed by atoms with Crippen LogP contribution >= 0.6 is 24.0 Å². The lowest BCUT2D eigenvalue weighted by Crippen LogP contribution is -2.41. The maximum Gasteiger partial charge on any atom is 0.191 e. The van der Waals surface area contributed by atoms with Gasteiger partial charge in [0.25, 0.3) is 0 Å². The third-order valence-electron chi connectivity index (χ3n) is 4.31.